The standard InChI is InChI=1S/C23H38N2O2/c1-4-5-6-7-8-9-10-11-12-13-14-18-23(27)24-21-16-15-17-22(19-21)25(3)20(2)26/h15-17,19H,4-14,18H2,1-3H3,(H,24,27). The summed E-state index contributed by atoms with van der Waals surface area (Å²) in [5.41, 5.74) is 1.53. The minimum absolute atomic E-state index is 0.0283. The van der Waals surface area contributed by atoms with E-state index in [1.54, 1.807) is 11.9 Å². The lowest BCUT2D eigenvalue weighted by atomic mass is 10.1. The van der Waals surface area contributed by atoms with E-state index in [1.165, 1.54) is 64.7 Å². The van der Waals surface area contributed by atoms with Gasteiger partial charge in [0, 0.05) is 31.8 Å². The summed E-state index contributed by atoms with van der Waals surface area (Å²) in [6.07, 6.45) is 14.7. The van der Waals surface area contributed by atoms with Crippen LogP contribution in [0.5, 0.6) is 0 Å². The molecule has 1 rings (SSSR count). The van der Waals surface area contributed by atoms with E-state index in [0.29, 0.717) is 6.42 Å². The third kappa shape index (κ3) is 10.8. The lowest BCUT2D eigenvalue weighted by Gasteiger charge is -2.16. The highest BCUT2D eigenvalue weighted by atomic mass is 16.2. The van der Waals surface area contributed by atoms with Crippen molar-refractivity contribution in [3.63, 3.8) is 0 Å². The highest BCUT2D eigenvalue weighted by Crippen LogP contribution is 2.19. The van der Waals surface area contributed by atoms with Gasteiger partial charge < -0.3 is 10.2 Å². The Labute approximate surface area is 165 Å². The summed E-state index contributed by atoms with van der Waals surface area (Å²) in [5, 5.41) is 2.93. The SMILES string of the molecule is CCCCCCCCCCCCCC(=O)Nc1cccc(N(C)C(C)=O)c1. The van der Waals surface area contributed by atoms with Crippen LogP contribution in [-0.4, -0.2) is 18.9 Å². The van der Waals surface area contributed by atoms with Crippen LogP contribution in [0.3, 0.4) is 0 Å². The molecule has 0 spiro atoms. The molecule has 0 heterocycles. The summed E-state index contributed by atoms with van der Waals surface area (Å²) in [6, 6.07) is 7.41. The average molecular weight is 375 g/mol. The maximum atomic E-state index is 12.1. The van der Waals surface area contributed by atoms with Crippen LogP contribution in [0.4, 0.5) is 11.4 Å². The molecule has 152 valence electrons. The van der Waals surface area contributed by atoms with Crippen molar-refractivity contribution in [2.75, 3.05) is 17.3 Å². The highest BCUT2D eigenvalue weighted by Gasteiger charge is 2.07. The number of nitrogens with one attached hydrogen (secondary N) is 1. The molecule has 0 unspecified atom stereocenters. The number of amides is 2. The highest BCUT2D eigenvalue weighted by molar-refractivity contribution is 5.94. The van der Waals surface area contributed by atoms with Gasteiger partial charge in [0.15, 0.2) is 0 Å². The molecule has 2 amide bonds. The Hall–Kier alpha value is -1.84. The zero-order valence-electron chi connectivity index (χ0n) is 17.6. The van der Waals surface area contributed by atoms with Crippen LogP contribution in [0.1, 0.15) is 90.9 Å². The largest absolute Gasteiger partial charge is 0.326 e. The van der Waals surface area contributed by atoms with Crippen molar-refractivity contribution < 1.29 is 9.59 Å². The predicted octanol–water partition coefficient (Wildman–Crippen LogP) is 6.31. The summed E-state index contributed by atoms with van der Waals surface area (Å²) < 4.78 is 0. The molecular formula is C23H38N2O2. The van der Waals surface area contributed by atoms with E-state index < -0.39 is 0 Å². The fourth-order valence-corrected chi connectivity index (χ4v) is 3.15. The Kier molecular flexibility index (Phi) is 12.2. The third-order valence-electron chi connectivity index (χ3n) is 5.00. The van der Waals surface area contributed by atoms with Gasteiger partial charge in [-0.1, -0.05) is 77.2 Å². The van der Waals surface area contributed by atoms with Crippen molar-refractivity contribution in [3.05, 3.63) is 24.3 Å². The summed E-state index contributed by atoms with van der Waals surface area (Å²) in [4.78, 5) is 25.1. The van der Waals surface area contributed by atoms with Gasteiger partial charge in [-0.05, 0) is 24.6 Å². The molecule has 1 aromatic rings. The molecule has 0 saturated carbocycles. The lowest BCUT2D eigenvalue weighted by molar-refractivity contribution is -0.117. The normalized spacial score (nSPS) is 10.6. The average Bonchev–Trinajstić information content (AvgIpc) is 2.65. The molecule has 0 bridgehead atoms. The molecule has 0 aliphatic carbocycles. The summed E-state index contributed by atoms with van der Waals surface area (Å²) in [6.45, 7) is 3.78. The van der Waals surface area contributed by atoms with Crippen molar-refractivity contribution in [2.24, 2.45) is 0 Å². The summed E-state index contributed by atoms with van der Waals surface area (Å²) in [7, 11) is 1.73. The first kappa shape index (κ1) is 23.2. The topological polar surface area (TPSA) is 49.4 Å². The molecular weight excluding hydrogens is 336 g/mol. The first-order valence-electron chi connectivity index (χ1n) is 10.7. The lowest BCUT2D eigenvalue weighted by Crippen LogP contribution is -2.22. The number of anilines is 2. The Morgan fingerprint density at radius 2 is 1.44 bits per heavy atom. The van der Waals surface area contributed by atoms with E-state index in [4.69, 9.17) is 0 Å². The molecule has 4 heteroatoms. The van der Waals surface area contributed by atoms with Gasteiger partial charge in [0.05, 0.1) is 0 Å². The van der Waals surface area contributed by atoms with Gasteiger partial charge in [-0.25, -0.2) is 0 Å². The van der Waals surface area contributed by atoms with E-state index in [0.717, 1.165) is 24.2 Å². The fraction of sp³-hybridized carbons (Fsp3) is 0.652. The maximum Gasteiger partial charge on any atom is 0.224 e. The maximum absolute atomic E-state index is 12.1. The van der Waals surface area contributed by atoms with Gasteiger partial charge in [-0.2, -0.15) is 0 Å². The van der Waals surface area contributed by atoms with E-state index in [9.17, 15) is 9.59 Å². The van der Waals surface area contributed by atoms with Crippen molar-refractivity contribution in [2.45, 2.75) is 90.9 Å². The predicted molar refractivity (Wildman–Crippen MR) is 115 cm³/mol. The molecule has 0 fully saturated rings. The van der Waals surface area contributed by atoms with Gasteiger partial charge >= 0.3 is 0 Å². The van der Waals surface area contributed by atoms with Crippen LogP contribution in [0.25, 0.3) is 0 Å². The summed E-state index contributed by atoms with van der Waals surface area (Å²) in [5.74, 6) is 0.0213. The quantitative estimate of drug-likeness (QED) is 0.388. The first-order chi connectivity index (χ1) is 13.0. The second-order valence-corrected chi connectivity index (χ2v) is 7.46. The minimum atomic E-state index is -0.0283. The van der Waals surface area contributed by atoms with Gasteiger partial charge in [0.1, 0.15) is 0 Å². The molecule has 0 saturated heterocycles. The molecule has 4 nitrogen and oxygen atoms in total. The monoisotopic (exact) mass is 374 g/mol. The first-order valence-corrected chi connectivity index (χ1v) is 10.7. The third-order valence-corrected chi connectivity index (χ3v) is 5.00. The second-order valence-electron chi connectivity index (χ2n) is 7.46. The van der Waals surface area contributed by atoms with Crippen molar-refractivity contribution >= 4 is 23.2 Å². The number of carbonyl (C=O) groups is 2. The molecule has 0 radical (unpaired) electrons. The minimum Gasteiger partial charge on any atom is -0.326 e. The Morgan fingerprint density at radius 1 is 0.889 bits per heavy atom. The molecule has 27 heavy (non-hydrogen) atoms. The van der Waals surface area contributed by atoms with Crippen molar-refractivity contribution in [3.8, 4) is 0 Å². The van der Waals surface area contributed by atoms with Crippen LogP contribution in [0.15, 0.2) is 24.3 Å². The number of hydrogen-bond donors (Lipinski definition) is 1. The van der Waals surface area contributed by atoms with Crippen LogP contribution in [-0.2, 0) is 9.59 Å². The van der Waals surface area contributed by atoms with Crippen molar-refractivity contribution in [1.82, 2.24) is 0 Å². The van der Waals surface area contributed by atoms with Gasteiger partial charge in [-0.3, -0.25) is 9.59 Å². The van der Waals surface area contributed by atoms with Crippen LogP contribution in [0, 0.1) is 0 Å². The number of benzene rings is 1. The number of nitrogens with zero attached hydrogens (tertiary/aromatic N) is 1. The number of carbonyl (C=O) groups excluding carboxylic acids is 2. The fourth-order valence-electron chi connectivity index (χ4n) is 3.15. The molecule has 0 atom stereocenters. The number of unbranched alkanes of at least 4 members (excludes halogenated alkanes) is 10. The number of hydrogen-bond acceptors (Lipinski definition) is 2. The Bertz CT molecular complexity index is 557. The zero-order valence-corrected chi connectivity index (χ0v) is 17.6. The number of rotatable bonds is 14. The second kappa shape index (κ2) is 14.2. The molecule has 0 aromatic heterocycles. The smallest absolute Gasteiger partial charge is 0.224 e. The van der Waals surface area contributed by atoms with E-state index in [1.807, 2.05) is 24.3 Å². The van der Waals surface area contributed by atoms with E-state index in [-0.39, 0.29) is 11.8 Å². The van der Waals surface area contributed by atoms with Crippen molar-refractivity contribution in [1.29, 1.82) is 0 Å². The van der Waals surface area contributed by atoms with E-state index in [2.05, 4.69) is 12.2 Å². The van der Waals surface area contributed by atoms with E-state index >= 15 is 0 Å². The van der Waals surface area contributed by atoms with Crippen LogP contribution < -0.4 is 10.2 Å². The van der Waals surface area contributed by atoms with Gasteiger partial charge in [0.25, 0.3) is 0 Å². The molecule has 0 aliphatic heterocycles. The Balaban J connectivity index is 2.11. The van der Waals surface area contributed by atoms with Gasteiger partial charge in [-0.15, -0.1) is 0 Å². The zero-order chi connectivity index (χ0) is 19.9. The van der Waals surface area contributed by atoms with Crippen LogP contribution in [0.2, 0.25) is 0 Å². The Morgan fingerprint density at radius 3 is 2.00 bits per heavy atom. The molecule has 1 N–H and O–H groups in total. The molecule has 0 aliphatic rings. The van der Waals surface area contributed by atoms with Crippen LogP contribution >= 0.6 is 0 Å². The molecule has 1 aromatic carbocycles. The van der Waals surface area contributed by atoms with Gasteiger partial charge in [0.2, 0.25) is 11.8 Å². The summed E-state index contributed by atoms with van der Waals surface area (Å²) >= 11 is 0.